The van der Waals surface area contributed by atoms with Gasteiger partial charge in [0.1, 0.15) is 11.0 Å². The van der Waals surface area contributed by atoms with Crippen LogP contribution in [-0.4, -0.2) is 35.4 Å². The quantitative estimate of drug-likeness (QED) is 0.375. The summed E-state index contributed by atoms with van der Waals surface area (Å²) in [6.45, 7) is 0. The second-order valence-electron chi connectivity index (χ2n) is 8.37. The average molecular weight is 465 g/mol. The number of hydrogen-bond donors (Lipinski definition) is 2. The number of para-hydroxylation sites is 1. The molecule has 1 saturated heterocycles. The fourth-order valence-corrected chi connectivity index (χ4v) is 5.53. The molecule has 8 nitrogen and oxygen atoms in total. The summed E-state index contributed by atoms with van der Waals surface area (Å²) in [5.74, 6) is -1.64. The first kappa shape index (κ1) is 19.1. The van der Waals surface area contributed by atoms with Crippen LogP contribution in [0.15, 0.2) is 73.2 Å². The van der Waals surface area contributed by atoms with E-state index in [0.717, 1.165) is 55.8 Å². The molecule has 6 aromatic rings. The minimum absolute atomic E-state index is 0.434. The molecule has 7 rings (SSSR count). The standard InChI is InChI=1S/C25H16N6O2S/c32-24-22(16-11-26-17-4-2-1-3-15(16)17)23(13-5-7-19-21(9-13)30-34-29-19)31(25(24)33)14-6-8-18-20(10-14)28-12-27-18/h1-12,22-23,26H,(H,27,28). The summed E-state index contributed by atoms with van der Waals surface area (Å²) in [5.41, 5.74) is 6.33. The Labute approximate surface area is 196 Å². The normalized spacial score (nSPS) is 18.6. The molecule has 1 aliphatic rings. The maximum Gasteiger partial charge on any atom is 0.295 e. The Morgan fingerprint density at radius 3 is 2.65 bits per heavy atom. The van der Waals surface area contributed by atoms with Gasteiger partial charge in [0.15, 0.2) is 0 Å². The van der Waals surface area contributed by atoms with Crippen LogP contribution in [0.2, 0.25) is 0 Å². The van der Waals surface area contributed by atoms with Crippen LogP contribution >= 0.6 is 11.7 Å². The molecular weight excluding hydrogens is 448 g/mol. The fraction of sp³-hybridized carbons (Fsp3) is 0.0800. The third-order valence-electron chi connectivity index (χ3n) is 6.56. The van der Waals surface area contributed by atoms with Gasteiger partial charge in [0, 0.05) is 22.8 Å². The van der Waals surface area contributed by atoms with Crippen molar-refractivity contribution in [3.8, 4) is 0 Å². The number of rotatable bonds is 3. The Balaban J connectivity index is 1.47. The summed E-state index contributed by atoms with van der Waals surface area (Å²) >= 11 is 1.14. The van der Waals surface area contributed by atoms with E-state index >= 15 is 0 Å². The van der Waals surface area contributed by atoms with E-state index in [4.69, 9.17) is 0 Å². The molecule has 2 unspecified atom stereocenters. The van der Waals surface area contributed by atoms with Crippen molar-refractivity contribution in [3.63, 3.8) is 0 Å². The number of imidazole rings is 1. The van der Waals surface area contributed by atoms with E-state index in [-0.39, 0.29) is 0 Å². The number of H-pyrrole nitrogens is 2. The van der Waals surface area contributed by atoms with Gasteiger partial charge in [0.05, 0.1) is 41.0 Å². The number of hydrogen-bond acceptors (Lipinski definition) is 6. The van der Waals surface area contributed by atoms with Crippen molar-refractivity contribution in [1.82, 2.24) is 23.7 Å². The van der Waals surface area contributed by atoms with Crippen LogP contribution in [0.25, 0.3) is 33.0 Å². The molecule has 9 heteroatoms. The molecule has 1 amide bonds. The van der Waals surface area contributed by atoms with Gasteiger partial charge in [-0.3, -0.25) is 14.5 Å². The van der Waals surface area contributed by atoms with E-state index in [1.54, 1.807) is 11.2 Å². The molecule has 0 aliphatic carbocycles. The number of amides is 1. The zero-order chi connectivity index (χ0) is 22.8. The second kappa shape index (κ2) is 7.06. The van der Waals surface area contributed by atoms with Crippen LogP contribution in [0.4, 0.5) is 5.69 Å². The van der Waals surface area contributed by atoms with Crippen LogP contribution in [0.1, 0.15) is 23.1 Å². The van der Waals surface area contributed by atoms with Crippen molar-refractivity contribution < 1.29 is 9.59 Å². The molecule has 1 aliphatic heterocycles. The minimum Gasteiger partial charge on any atom is -0.361 e. The molecule has 2 atom stereocenters. The molecule has 0 radical (unpaired) electrons. The summed E-state index contributed by atoms with van der Waals surface area (Å²) in [5, 5.41) is 0.931. The van der Waals surface area contributed by atoms with Crippen LogP contribution in [0.3, 0.4) is 0 Å². The Morgan fingerprint density at radius 2 is 1.71 bits per heavy atom. The van der Waals surface area contributed by atoms with Crippen LogP contribution in [0.5, 0.6) is 0 Å². The summed E-state index contributed by atoms with van der Waals surface area (Å²) in [4.78, 5) is 39.4. The monoisotopic (exact) mass is 464 g/mol. The summed E-state index contributed by atoms with van der Waals surface area (Å²) in [6, 6.07) is 18.6. The van der Waals surface area contributed by atoms with E-state index in [1.807, 2.05) is 66.9 Å². The molecular formula is C25H16N6O2S. The second-order valence-corrected chi connectivity index (χ2v) is 8.90. The van der Waals surface area contributed by atoms with Crippen LogP contribution in [-0.2, 0) is 9.59 Å². The molecule has 2 N–H and O–H groups in total. The molecule has 1 fully saturated rings. The summed E-state index contributed by atoms with van der Waals surface area (Å²) in [7, 11) is 0. The lowest BCUT2D eigenvalue weighted by Gasteiger charge is -2.27. The van der Waals surface area contributed by atoms with Crippen LogP contribution < -0.4 is 4.90 Å². The van der Waals surface area contributed by atoms with E-state index < -0.39 is 23.7 Å². The lowest BCUT2D eigenvalue weighted by atomic mass is 9.86. The van der Waals surface area contributed by atoms with Gasteiger partial charge in [-0.15, -0.1) is 0 Å². The highest BCUT2D eigenvalue weighted by Gasteiger charge is 2.50. The number of nitrogens with one attached hydrogen (secondary N) is 2. The molecule has 0 spiro atoms. The number of ketones is 1. The third kappa shape index (κ3) is 2.67. The summed E-state index contributed by atoms with van der Waals surface area (Å²) in [6.07, 6.45) is 3.46. The van der Waals surface area contributed by atoms with Gasteiger partial charge in [-0.2, -0.15) is 8.75 Å². The first-order chi connectivity index (χ1) is 16.7. The number of fused-ring (bicyclic) bond motifs is 3. The highest BCUT2D eigenvalue weighted by molar-refractivity contribution is 7.00. The van der Waals surface area contributed by atoms with Gasteiger partial charge in [0.25, 0.3) is 5.91 Å². The van der Waals surface area contributed by atoms with Crippen molar-refractivity contribution in [1.29, 1.82) is 0 Å². The molecule has 3 aromatic carbocycles. The van der Waals surface area contributed by atoms with Gasteiger partial charge in [-0.1, -0.05) is 24.3 Å². The third-order valence-corrected chi connectivity index (χ3v) is 7.12. The molecule has 164 valence electrons. The zero-order valence-electron chi connectivity index (χ0n) is 17.6. The number of Topliss-reactive ketones (excluding diaryl/α,β-unsaturated/α-hetero) is 1. The number of anilines is 1. The van der Waals surface area contributed by atoms with Gasteiger partial charge in [-0.05, 0) is 47.5 Å². The largest absolute Gasteiger partial charge is 0.361 e. The topological polar surface area (TPSA) is 108 Å². The Bertz CT molecular complexity index is 1750. The van der Waals surface area contributed by atoms with Crippen molar-refractivity contribution in [2.45, 2.75) is 12.0 Å². The summed E-state index contributed by atoms with van der Waals surface area (Å²) < 4.78 is 8.68. The maximum absolute atomic E-state index is 13.6. The smallest absolute Gasteiger partial charge is 0.295 e. The van der Waals surface area contributed by atoms with Gasteiger partial charge < -0.3 is 9.97 Å². The SMILES string of the molecule is O=C1C(=O)N(c2ccc3nc[nH]c3c2)C(c2ccc3nsnc3c2)C1c1c[nH]c2ccccc12. The highest BCUT2D eigenvalue weighted by Crippen LogP contribution is 2.47. The van der Waals surface area contributed by atoms with Crippen molar-refractivity contribution in [2.75, 3.05) is 4.90 Å². The molecule has 4 heterocycles. The van der Waals surface area contributed by atoms with E-state index in [1.165, 1.54) is 0 Å². The van der Waals surface area contributed by atoms with Gasteiger partial charge in [0.2, 0.25) is 5.78 Å². The zero-order valence-corrected chi connectivity index (χ0v) is 18.4. The Morgan fingerprint density at radius 1 is 0.853 bits per heavy atom. The van der Waals surface area contributed by atoms with E-state index in [2.05, 4.69) is 23.7 Å². The van der Waals surface area contributed by atoms with E-state index in [9.17, 15) is 9.59 Å². The van der Waals surface area contributed by atoms with Crippen LogP contribution in [0, 0.1) is 0 Å². The lowest BCUT2D eigenvalue weighted by molar-refractivity contribution is -0.134. The Kier molecular flexibility index (Phi) is 3.97. The molecule has 0 bridgehead atoms. The predicted octanol–water partition coefficient (Wildman–Crippen LogP) is 4.49. The predicted molar refractivity (Wildman–Crippen MR) is 130 cm³/mol. The number of carbonyl (C=O) groups excluding carboxylic acids is 2. The first-order valence-corrected chi connectivity index (χ1v) is 11.5. The number of nitrogens with zero attached hydrogens (tertiary/aromatic N) is 4. The minimum atomic E-state index is -0.676. The van der Waals surface area contributed by atoms with Crippen molar-refractivity contribution >= 4 is 62.1 Å². The number of aromatic amines is 2. The Hall–Kier alpha value is -4.37. The van der Waals surface area contributed by atoms with Crippen molar-refractivity contribution in [3.05, 3.63) is 84.3 Å². The fourth-order valence-electron chi connectivity index (χ4n) is 5.01. The van der Waals surface area contributed by atoms with Gasteiger partial charge >= 0.3 is 0 Å². The molecule has 34 heavy (non-hydrogen) atoms. The van der Waals surface area contributed by atoms with Gasteiger partial charge in [-0.25, -0.2) is 4.98 Å². The molecule has 0 saturated carbocycles. The van der Waals surface area contributed by atoms with Crippen molar-refractivity contribution in [2.24, 2.45) is 0 Å². The highest BCUT2D eigenvalue weighted by atomic mass is 32.1. The maximum atomic E-state index is 13.6. The number of carbonyl (C=O) groups is 2. The lowest BCUT2D eigenvalue weighted by Crippen LogP contribution is -2.29. The average Bonchev–Trinajstić information content (AvgIpc) is 3.64. The first-order valence-electron chi connectivity index (χ1n) is 10.8. The van der Waals surface area contributed by atoms with E-state index in [0.29, 0.717) is 5.69 Å². The number of benzene rings is 3. The number of aromatic nitrogens is 5. The molecule has 3 aromatic heterocycles.